The fourth-order valence-electron chi connectivity index (χ4n) is 1.62. The van der Waals surface area contributed by atoms with Crippen LogP contribution >= 0.6 is 0 Å². The van der Waals surface area contributed by atoms with Gasteiger partial charge in [-0.1, -0.05) is 0 Å². The Kier molecular flexibility index (Phi) is 2.04. The van der Waals surface area contributed by atoms with Crippen molar-refractivity contribution in [1.82, 2.24) is 10.3 Å². The minimum Gasteiger partial charge on any atom is -0.310 e. The summed E-state index contributed by atoms with van der Waals surface area (Å²) >= 11 is 0. The summed E-state index contributed by atoms with van der Waals surface area (Å²) in [5.41, 5.74) is 0.752. The largest absolute Gasteiger partial charge is 0.310 e. The van der Waals surface area contributed by atoms with E-state index in [2.05, 4.69) is 10.3 Å². The summed E-state index contributed by atoms with van der Waals surface area (Å²) in [6.07, 6.45) is 5.07. The SMILES string of the molecule is Fc1cnccc1C1CCCN1. The molecule has 0 bridgehead atoms. The number of nitrogens with one attached hydrogen (secondary N) is 1. The van der Waals surface area contributed by atoms with Gasteiger partial charge in [0.25, 0.3) is 0 Å². The van der Waals surface area contributed by atoms with Crippen molar-refractivity contribution in [2.24, 2.45) is 0 Å². The molecule has 1 aromatic heterocycles. The van der Waals surface area contributed by atoms with Crippen molar-refractivity contribution in [2.45, 2.75) is 18.9 Å². The lowest BCUT2D eigenvalue weighted by Gasteiger charge is -2.10. The molecule has 1 aliphatic heterocycles. The molecule has 0 aromatic carbocycles. The van der Waals surface area contributed by atoms with E-state index in [1.54, 1.807) is 12.3 Å². The number of rotatable bonds is 1. The molecule has 2 heterocycles. The highest BCUT2D eigenvalue weighted by Crippen LogP contribution is 2.24. The summed E-state index contributed by atoms with van der Waals surface area (Å²) in [7, 11) is 0. The topological polar surface area (TPSA) is 24.9 Å². The van der Waals surface area contributed by atoms with Crippen LogP contribution in [0, 0.1) is 5.82 Å². The molecule has 3 heteroatoms. The number of pyridine rings is 1. The van der Waals surface area contributed by atoms with Gasteiger partial charge in [-0.25, -0.2) is 4.39 Å². The van der Waals surface area contributed by atoms with Gasteiger partial charge in [-0.3, -0.25) is 4.98 Å². The average Bonchev–Trinajstić information content (AvgIpc) is 2.57. The Morgan fingerprint density at radius 3 is 3.17 bits per heavy atom. The fraction of sp³-hybridized carbons (Fsp3) is 0.444. The van der Waals surface area contributed by atoms with E-state index in [-0.39, 0.29) is 11.9 Å². The summed E-state index contributed by atoms with van der Waals surface area (Å²) in [5.74, 6) is -0.197. The van der Waals surface area contributed by atoms with E-state index in [9.17, 15) is 4.39 Å². The van der Waals surface area contributed by atoms with Gasteiger partial charge in [-0.15, -0.1) is 0 Å². The normalized spacial score (nSPS) is 22.9. The van der Waals surface area contributed by atoms with Gasteiger partial charge in [0.05, 0.1) is 6.20 Å². The monoisotopic (exact) mass is 166 g/mol. The van der Waals surface area contributed by atoms with Crippen LogP contribution in [-0.4, -0.2) is 11.5 Å². The third-order valence-corrected chi connectivity index (χ3v) is 2.24. The Bertz CT molecular complexity index is 269. The summed E-state index contributed by atoms with van der Waals surface area (Å²) < 4.78 is 13.1. The molecule has 0 radical (unpaired) electrons. The Morgan fingerprint density at radius 2 is 2.50 bits per heavy atom. The maximum atomic E-state index is 13.1. The highest BCUT2D eigenvalue weighted by Gasteiger charge is 2.18. The molecule has 2 nitrogen and oxygen atoms in total. The number of aromatic nitrogens is 1. The van der Waals surface area contributed by atoms with E-state index in [4.69, 9.17) is 0 Å². The number of hydrogen-bond acceptors (Lipinski definition) is 2. The van der Waals surface area contributed by atoms with Crippen molar-refractivity contribution in [3.05, 3.63) is 29.8 Å². The van der Waals surface area contributed by atoms with E-state index in [1.807, 2.05) is 0 Å². The molecule has 0 saturated carbocycles. The summed E-state index contributed by atoms with van der Waals surface area (Å²) in [5, 5.41) is 3.25. The molecule has 64 valence electrons. The van der Waals surface area contributed by atoms with E-state index >= 15 is 0 Å². The second kappa shape index (κ2) is 3.19. The summed E-state index contributed by atoms with van der Waals surface area (Å²) in [6, 6.07) is 1.95. The molecule has 0 amide bonds. The van der Waals surface area contributed by atoms with E-state index in [0.29, 0.717) is 0 Å². The lowest BCUT2D eigenvalue weighted by Crippen LogP contribution is -2.14. The molecule has 1 aromatic rings. The molecular formula is C9H11FN2. The van der Waals surface area contributed by atoms with Gasteiger partial charge in [0.1, 0.15) is 5.82 Å². The van der Waals surface area contributed by atoms with Crippen molar-refractivity contribution < 1.29 is 4.39 Å². The highest BCUT2D eigenvalue weighted by molar-refractivity contribution is 5.18. The van der Waals surface area contributed by atoms with Crippen LogP contribution in [0.15, 0.2) is 18.5 Å². The zero-order chi connectivity index (χ0) is 8.39. The quantitative estimate of drug-likeness (QED) is 0.686. The van der Waals surface area contributed by atoms with Crippen LogP contribution in [0.5, 0.6) is 0 Å². The van der Waals surface area contributed by atoms with Gasteiger partial charge < -0.3 is 5.32 Å². The van der Waals surface area contributed by atoms with Gasteiger partial charge in [0.2, 0.25) is 0 Å². The molecule has 1 unspecified atom stereocenters. The Balaban J connectivity index is 2.26. The first-order valence-corrected chi connectivity index (χ1v) is 4.21. The van der Waals surface area contributed by atoms with Crippen molar-refractivity contribution in [2.75, 3.05) is 6.54 Å². The molecule has 2 rings (SSSR count). The Hall–Kier alpha value is -0.960. The van der Waals surface area contributed by atoms with Crippen molar-refractivity contribution in [1.29, 1.82) is 0 Å². The second-order valence-electron chi connectivity index (χ2n) is 3.05. The smallest absolute Gasteiger partial charge is 0.146 e. The second-order valence-corrected chi connectivity index (χ2v) is 3.05. The highest BCUT2D eigenvalue weighted by atomic mass is 19.1. The predicted octanol–water partition coefficient (Wildman–Crippen LogP) is 1.65. The minimum absolute atomic E-state index is 0.197. The van der Waals surface area contributed by atoms with Crippen LogP contribution in [0.1, 0.15) is 24.4 Å². The maximum absolute atomic E-state index is 13.1. The lowest BCUT2D eigenvalue weighted by molar-refractivity contribution is 0.554. The molecule has 12 heavy (non-hydrogen) atoms. The standard InChI is InChI=1S/C9H11FN2/c10-8-6-11-5-3-7(8)9-2-1-4-12-9/h3,5-6,9,12H,1-2,4H2. The first-order chi connectivity index (χ1) is 5.88. The van der Waals surface area contributed by atoms with Crippen molar-refractivity contribution in [3.8, 4) is 0 Å². The first kappa shape index (κ1) is 7.68. The van der Waals surface area contributed by atoms with E-state index < -0.39 is 0 Å². The first-order valence-electron chi connectivity index (χ1n) is 4.21. The van der Waals surface area contributed by atoms with Crippen LogP contribution < -0.4 is 5.32 Å². The molecule has 1 fully saturated rings. The summed E-state index contributed by atoms with van der Waals surface area (Å²) in [4.78, 5) is 3.71. The Morgan fingerprint density at radius 1 is 1.58 bits per heavy atom. The number of halogens is 1. The predicted molar refractivity (Wildman–Crippen MR) is 44.2 cm³/mol. The summed E-state index contributed by atoms with van der Waals surface area (Å²) in [6.45, 7) is 0.992. The lowest BCUT2D eigenvalue weighted by atomic mass is 10.1. The number of nitrogens with zero attached hydrogens (tertiary/aromatic N) is 1. The van der Waals surface area contributed by atoms with Crippen molar-refractivity contribution in [3.63, 3.8) is 0 Å². The van der Waals surface area contributed by atoms with Crippen LogP contribution in [0.25, 0.3) is 0 Å². The van der Waals surface area contributed by atoms with Gasteiger partial charge in [0, 0.05) is 17.8 Å². The molecular weight excluding hydrogens is 155 g/mol. The van der Waals surface area contributed by atoms with Gasteiger partial charge in [-0.2, -0.15) is 0 Å². The van der Waals surface area contributed by atoms with Crippen LogP contribution in [0.3, 0.4) is 0 Å². The zero-order valence-electron chi connectivity index (χ0n) is 6.76. The molecule has 1 aliphatic rings. The van der Waals surface area contributed by atoms with Crippen molar-refractivity contribution >= 4 is 0 Å². The Labute approximate surface area is 70.8 Å². The van der Waals surface area contributed by atoms with Crippen LogP contribution in [-0.2, 0) is 0 Å². The van der Waals surface area contributed by atoms with Gasteiger partial charge in [-0.05, 0) is 25.5 Å². The van der Waals surface area contributed by atoms with Crippen LogP contribution in [0.4, 0.5) is 4.39 Å². The minimum atomic E-state index is -0.197. The molecule has 1 N–H and O–H groups in total. The van der Waals surface area contributed by atoms with E-state index in [0.717, 1.165) is 24.9 Å². The van der Waals surface area contributed by atoms with E-state index in [1.165, 1.54) is 6.20 Å². The third kappa shape index (κ3) is 1.32. The molecule has 0 aliphatic carbocycles. The van der Waals surface area contributed by atoms with Gasteiger partial charge >= 0.3 is 0 Å². The zero-order valence-corrected chi connectivity index (χ0v) is 6.76. The fourth-order valence-corrected chi connectivity index (χ4v) is 1.62. The maximum Gasteiger partial charge on any atom is 0.146 e. The number of hydrogen-bond donors (Lipinski definition) is 1. The average molecular weight is 166 g/mol. The molecule has 1 saturated heterocycles. The van der Waals surface area contributed by atoms with Gasteiger partial charge in [0.15, 0.2) is 0 Å². The van der Waals surface area contributed by atoms with Crippen LogP contribution in [0.2, 0.25) is 0 Å². The molecule has 1 atom stereocenters. The molecule has 0 spiro atoms. The third-order valence-electron chi connectivity index (χ3n) is 2.24.